The van der Waals surface area contributed by atoms with Crippen molar-refractivity contribution in [3.8, 4) is 5.75 Å². The number of rotatable bonds is 8. The molecule has 36 heavy (non-hydrogen) atoms. The van der Waals surface area contributed by atoms with E-state index in [1.54, 1.807) is 36.4 Å². The number of carbonyl (C=O) groups excluding carboxylic acids is 1. The molecule has 0 aromatic heterocycles. The number of nitrogens with zero attached hydrogens (tertiary/aromatic N) is 2. The van der Waals surface area contributed by atoms with Crippen LogP contribution in [0.1, 0.15) is 16.7 Å². The second-order valence-electron chi connectivity index (χ2n) is 8.23. The summed E-state index contributed by atoms with van der Waals surface area (Å²) in [4.78, 5) is 12.9. The molecule has 7 nitrogen and oxygen atoms in total. The lowest BCUT2D eigenvalue weighted by Crippen LogP contribution is -2.39. The van der Waals surface area contributed by atoms with Gasteiger partial charge in [0.25, 0.3) is 5.91 Å². The molecule has 9 heteroatoms. The van der Waals surface area contributed by atoms with Gasteiger partial charge in [-0.2, -0.15) is 9.41 Å². The minimum atomic E-state index is -3.97. The Labute approximate surface area is 218 Å². The summed E-state index contributed by atoms with van der Waals surface area (Å²) >= 11 is 3.37. The predicted molar refractivity (Wildman–Crippen MR) is 144 cm³/mol. The largest absolute Gasteiger partial charge is 0.507 e. The Morgan fingerprint density at radius 3 is 2.42 bits per heavy atom. The van der Waals surface area contributed by atoms with Gasteiger partial charge in [0.2, 0.25) is 10.0 Å². The molecule has 0 spiro atoms. The molecule has 1 amide bonds. The monoisotopic (exact) mass is 565 g/mol. The van der Waals surface area contributed by atoms with Gasteiger partial charge in [-0.3, -0.25) is 4.79 Å². The zero-order valence-corrected chi connectivity index (χ0v) is 21.8. The first-order chi connectivity index (χ1) is 17.2. The molecule has 0 fully saturated rings. The fourth-order valence-electron chi connectivity index (χ4n) is 3.66. The molecule has 4 aromatic carbocycles. The molecule has 2 N–H and O–H groups in total. The van der Waals surface area contributed by atoms with Crippen LogP contribution in [0.25, 0.3) is 10.8 Å². The summed E-state index contributed by atoms with van der Waals surface area (Å²) in [6.45, 7) is 1.44. The second-order valence-corrected chi connectivity index (χ2v) is 11.1. The van der Waals surface area contributed by atoms with Gasteiger partial charge in [0.1, 0.15) is 5.75 Å². The molecule has 0 heterocycles. The van der Waals surface area contributed by atoms with Crippen LogP contribution in [0.4, 0.5) is 0 Å². The molecule has 0 unspecified atom stereocenters. The minimum absolute atomic E-state index is 0.00470. The number of phenols is 1. The number of hydrogen-bond acceptors (Lipinski definition) is 5. The number of fused-ring (bicyclic) bond motifs is 1. The fourth-order valence-corrected chi connectivity index (χ4v) is 5.31. The topological polar surface area (TPSA) is 99.1 Å². The van der Waals surface area contributed by atoms with Crippen LogP contribution in [-0.4, -0.2) is 36.5 Å². The lowest BCUT2D eigenvalue weighted by molar-refractivity contribution is -0.121. The molecule has 184 valence electrons. The van der Waals surface area contributed by atoms with Crippen molar-refractivity contribution in [3.63, 3.8) is 0 Å². The minimum Gasteiger partial charge on any atom is -0.507 e. The lowest BCUT2D eigenvalue weighted by Gasteiger charge is -2.21. The number of amides is 1. The number of hydrazone groups is 1. The van der Waals surface area contributed by atoms with E-state index in [0.29, 0.717) is 5.56 Å². The number of aromatic hydroxyl groups is 1. The van der Waals surface area contributed by atoms with Gasteiger partial charge >= 0.3 is 0 Å². The van der Waals surface area contributed by atoms with Crippen molar-refractivity contribution in [1.29, 1.82) is 0 Å². The number of carbonyl (C=O) groups is 1. The third-order valence-electron chi connectivity index (χ3n) is 5.58. The highest BCUT2D eigenvalue weighted by Gasteiger charge is 2.27. The molecule has 0 atom stereocenters. The first-order valence-corrected chi connectivity index (χ1v) is 13.3. The van der Waals surface area contributed by atoms with Gasteiger partial charge in [0.05, 0.1) is 17.7 Å². The summed E-state index contributed by atoms with van der Waals surface area (Å²) < 4.78 is 28.8. The number of phenolic OH excluding ortho intramolecular Hbond substituents is 1. The molecule has 0 aliphatic carbocycles. The van der Waals surface area contributed by atoms with Gasteiger partial charge < -0.3 is 5.11 Å². The van der Waals surface area contributed by atoms with E-state index in [2.05, 4.69) is 26.5 Å². The average Bonchev–Trinajstić information content (AvgIpc) is 2.86. The Kier molecular flexibility index (Phi) is 7.83. The predicted octanol–water partition coefficient (Wildman–Crippen LogP) is 4.96. The van der Waals surface area contributed by atoms with E-state index >= 15 is 0 Å². The number of hydrogen-bond donors (Lipinski definition) is 2. The molecule has 0 radical (unpaired) electrons. The maximum Gasteiger partial charge on any atom is 0.255 e. The van der Waals surface area contributed by atoms with Gasteiger partial charge in [0.15, 0.2) is 0 Å². The summed E-state index contributed by atoms with van der Waals surface area (Å²) in [6, 6.07) is 24.5. The summed E-state index contributed by atoms with van der Waals surface area (Å²) in [5, 5.41) is 15.9. The molecule has 0 bridgehead atoms. The van der Waals surface area contributed by atoms with E-state index in [0.717, 1.165) is 30.7 Å². The van der Waals surface area contributed by atoms with Crippen molar-refractivity contribution in [1.82, 2.24) is 9.73 Å². The van der Waals surface area contributed by atoms with Crippen molar-refractivity contribution in [2.45, 2.75) is 18.4 Å². The van der Waals surface area contributed by atoms with Crippen LogP contribution in [0.5, 0.6) is 5.75 Å². The number of aryl methyl sites for hydroxylation is 1. The zero-order chi connectivity index (χ0) is 25.7. The van der Waals surface area contributed by atoms with Crippen LogP contribution in [0.15, 0.2) is 99.4 Å². The molecule has 0 saturated heterocycles. The number of halogens is 1. The molecule has 0 aliphatic heterocycles. The summed E-state index contributed by atoms with van der Waals surface area (Å²) in [6.07, 6.45) is 1.35. The highest BCUT2D eigenvalue weighted by molar-refractivity contribution is 9.10. The average molecular weight is 566 g/mol. The third kappa shape index (κ3) is 5.99. The number of nitrogens with one attached hydrogen (secondary N) is 1. The molecule has 4 aromatic rings. The van der Waals surface area contributed by atoms with E-state index in [9.17, 15) is 18.3 Å². The van der Waals surface area contributed by atoms with E-state index in [1.165, 1.54) is 18.3 Å². The SMILES string of the molecule is Cc1ccc(S(=O)(=O)N(CC(=O)N/N=C\c2c(O)ccc3ccccc23)Cc2ccc(Br)cc2)cc1. The Morgan fingerprint density at radius 1 is 1.00 bits per heavy atom. The highest BCUT2D eigenvalue weighted by Crippen LogP contribution is 2.25. The van der Waals surface area contributed by atoms with Crippen molar-refractivity contribution >= 4 is 48.8 Å². The van der Waals surface area contributed by atoms with E-state index in [-0.39, 0.29) is 17.2 Å². The second kappa shape index (κ2) is 11.0. The maximum absolute atomic E-state index is 13.4. The van der Waals surface area contributed by atoms with Crippen molar-refractivity contribution in [2.75, 3.05) is 6.54 Å². The van der Waals surface area contributed by atoms with Crippen molar-refractivity contribution in [3.05, 3.63) is 106 Å². The highest BCUT2D eigenvalue weighted by atomic mass is 79.9. The summed E-state index contributed by atoms with van der Waals surface area (Å²) in [7, 11) is -3.97. The third-order valence-corrected chi connectivity index (χ3v) is 7.92. The van der Waals surface area contributed by atoms with Crippen molar-refractivity contribution < 1.29 is 18.3 Å². The summed E-state index contributed by atoms with van der Waals surface area (Å²) in [5.74, 6) is -0.593. The fraction of sp³-hybridized carbons (Fsp3) is 0.111. The van der Waals surface area contributed by atoms with Crippen LogP contribution in [0.3, 0.4) is 0 Å². The van der Waals surface area contributed by atoms with E-state index < -0.39 is 22.5 Å². The van der Waals surface area contributed by atoms with Gasteiger partial charge in [-0.05, 0) is 53.6 Å². The van der Waals surface area contributed by atoms with Gasteiger partial charge in [-0.1, -0.05) is 76.1 Å². The van der Waals surface area contributed by atoms with E-state index in [1.807, 2.05) is 43.3 Å². The van der Waals surface area contributed by atoms with Crippen LogP contribution in [-0.2, 0) is 21.4 Å². The van der Waals surface area contributed by atoms with Gasteiger partial charge in [-0.25, -0.2) is 13.8 Å². The molecule has 4 rings (SSSR count). The molecule has 0 aliphatic rings. The maximum atomic E-state index is 13.4. The zero-order valence-electron chi connectivity index (χ0n) is 19.4. The van der Waals surface area contributed by atoms with Crippen molar-refractivity contribution in [2.24, 2.45) is 5.10 Å². The first kappa shape index (κ1) is 25.6. The summed E-state index contributed by atoms with van der Waals surface area (Å²) in [5.41, 5.74) is 4.49. The first-order valence-electron chi connectivity index (χ1n) is 11.1. The Balaban J connectivity index is 1.55. The molecular weight excluding hydrogens is 542 g/mol. The molecular formula is C27H24BrN3O4S. The van der Waals surface area contributed by atoms with Crippen LogP contribution in [0.2, 0.25) is 0 Å². The van der Waals surface area contributed by atoms with Crippen LogP contribution >= 0.6 is 15.9 Å². The number of benzene rings is 4. The van der Waals surface area contributed by atoms with Crippen LogP contribution < -0.4 is 5.43 Å². The quantitative estimate of drug-likeness (QED) is 0.233. The lowest BCUT2D eigenvalue weighted by atomic mass is 10.0. The smallest absolute Gasteiger partial charge is 0.255 e. The van der Waals surface area contributed by atoms with E-state index in [4.69, 9.17) is 0 Å². The normalized spacial score (nSPS) is 11.9. The standard InChI is InChI=1S/C27H24BrN3O4S/c1-19-6-13-23(14-7-19)36(34,35)31(17-20-8-11-22(28)12-9-20)18-27(33)30-29-16-25-24-5-3-2-4-21(24)10-15-26(25)32/h2-16,32H,17-18H2,1H3,(H,30,33)/b29-16-. The molecule has 0 saturated carbocycles. The Morgan fingerprint density at radius 2 is 1.69 bits per heavy atom. The number of sulfonamides is 1. The Hall–Kier alpha value is -3.53. The Bertz CT molecular complexity index is 1520. The van der Waals surface area contributed by atoms with Gasteiger partial charge in [0, 0.05) is 16.6 Å². The van der Waals surface area contributed by atoms with Crippen LogP contribution in [0, 0.1) is 6.92 Å². The van der Waals surface area contributed by atoms with Gasteiger partial charge in [-0.15, -0.1) is 0 Å².